The minimum Gasteiger partial charge on any atom is -0.457 e. The first kappa shape index (κ1) is 13.1. The Morgan fingerprint density at radius 3 is 2.65 bits per heavy atom. The molecule has 0 fully saturated rings. The highest BCUT2D eigenvalue weighted by Crippen LogP contribution is 2.34. The molecule has 6 heteroatoms. The highest BCUT2D eigenvalue weighted by Gasteiger charge is 2.27. The fourth-order valence-corrected chi connectivity index (χ4v) is 2.25. The van der Waals surface area contributed by atoms with Gasteiger partial charge >= 0.3 is 0 Å². The van der Waals surface area contributed by atoms with E-state index in [1.165, 1.54) is 6.07 Å². The van der Waals surface area contributed by atoms with Crippen molar-refractivity contribution in [2.24, 2.45) is 5.73 Å². The van der Waals surface area contributed by atoms with E-state index in [2.05, 4.69) is 21.2 Å². The number of nitrogens with one attached hydrogen (secondary N) is 1. The van der Waals surface area contributed by atoms with E-state index in [-0.39, 0.29) is 5.91 Å². The largest absolute Gasteiger partial charge is 0.457 e. The van der Waals surface area contributed by atoms with Crippen LogP contribution in [0, 0.1) is 5.82 Å². The van der Waals surface area contributed by atoms with Crippen LogP contribution in [-0.2, 0) is 4.79 Å². The van der Waals surface area contributed by atoms with E-state index < -0.39 is 11.9 Å². The number of fused-ring (bicyclic) bond motifs is 1. The van der Waals surface area contributed by atoms with Crippen molar-refractivity contribution in [3.05, 3.63) is 52.3 Å². The second-order valence-corrected chi connectivity index (χ2v) is 5.25. The van der Waals surface area contributed by atoms with Gasteiger partial charge in [-0.2, -0.15) is 0 Å². The Bertz CT molecular complexity index is 706. The summed E-state index contributed by atoms with van der Waals surface area (Å²) in [5.74, 6) is 0.227. The number of rotatable bonds is 2. The summed E-state index contributed by atoms with van der Waals surface area (Å²) in [5.41, 5.74) is 7.07. The molecule has 3 rings (SSSR count). The molecule has 102 valence electrons. The molecule has 1 atom stereocenters. The van der Waals surface area contributed by atoms with Crippen molar-refractivity contribution in [3.8, 4) is 11.5 Å². The summed E-state index contributed by atoms with van der Waals surface area (Å²) in [6, 6.07) is 8.92. The molecule has 2 aromatic carbocycles. The summed E-state index contributed by atoms with van der Waals surface area (Å²) in [5, 5.41) is 2.67. The monoisotopic (exact) mass is 336 g/mol. The van der Waals surface area contributed by atoms with Crippen LogP contribution in [0.25, 0.3) is 0 Å². The summed E-state index contributed by atoms with van der Waals surface area (Å²) < 4.78 is 19.3. The Kier molecular flexibility index (Phi) is 3.19. The van der Waals surface area contributed by atoms with Crippen molar-refractivity contribution in [2.75, 3.05) is 5.32 Å². The number of nitrogens with two attached hydrogens (primary N) is 1. The highest BCUT2D eigenvalue weighted by molar-refractivity contribution is 9.10. The lowest BCUT2D eigenvalue weighted by Crippen LogP contribution is -2.19. The van der Waals surface area contributed by atoms with Crippen LogP contribution >= 0.6 is 15.9 Å². The minimum absolute atomic E-state index is 0.244. The third-order valence-corrected chi connectivity index (χ3v) is 3.67. The fourth-order valence-electron chi connectivity index (χ4n) is 2.01. The lowest BCUT2D eigenvalue weighted by molar-refractivity contribution is -0.116. The van der Waals surface area contributed by atoms with E-state index in [9.17, 15) is 9.18 Å². The molecular weight excluding hydrogens is 327 g/mol. The van der Waals surface area contributed by atoms with Gasteiger partial charge < -0.3 is 15.8 Å². The minimum atomic E-state index is -0.649. The first-order chi connectivity index (χ1) is 9.54. The third-order valence-electron chi connectivity index (χ3n) is 3.03. The van der Waals surface area contributed by atoms with Gasteiger partial charge in [0.15, 0.2) is 0 Å². The molecule has 0 aromatic heterocycles. The van der Waals surface area contributed by atoms with Crippen LogP contribution in [0.2, 0.25) is 0 Å². The molecule has 1 aliphatic heterocycles. The smallest absolute Gasteiger partial charge is 0.245 e. The average molecular weight is 337 g/mol. The molecule has 2 aromatic rings. The molecule has 1 unspecified atom stereocenters. The molecule has 20 heavy (non-hydrogen) atoms. The lowest BCUT2D eigenvalue weighted by Gasteiger charge is -2.08. The predicted molar refractivity (Wildman–Crippen MR) is 76.2 cm³/mol. The Labute approximate surface area is 122 Å². The maximum Gasteiger partial charge on any atom is 0.245 e. The first-order valence-corrected chi connectivity index (χ1v) is 6.67. The van der Waals surface area contributed by atoms with Crippen molar-refractivity contribution in [1.82, 2.24) is 0 Å². The van der Waals surface area contributed by atoms with Crippen LogP contribution in [0.1, 0.15) is 11.6 Å². The maximum atomic E-state index is 13.4. The molecular formula is C14H10BrFN2O2. The number of hydrogen-bond acceptors (Lipinski definition) is 3. The van der Waals surface area contributed by atoms with E-state index in [4.69, 9.17) is 10.5 Å². The zero-order valence-corrected chi connectivity index (χ0v) is 11.8. The number of ether oxygens (including phenoxy) is 1. The van der Waals surface area contributed by atoms with E-state index in [0.717, 1.165) is 5.56 Å². The highest BCUT2D eigenvalue weighted by atomic mass is 79.9. The van der Waals surface area contributed by atoms with Crippen molar-refractivity contribution in [2.45, 2.75) is 6.04 Å². The number of carbonyl (C=O) groups excluding carboxylic acids is 1. The second kappa shape index (κ2) is 4.88. The van der Waals surface area contributed by atoms with Gasteiger partial charge in [0.25, 0.3) is 0 Å². The SMILES string of the molecule is NC1C(=O)Nc2cc(Oc3ccc(Br)c(F)c3)ccc21. The maximum absolute atomic E-state index is 13.4. The van der Waals surface area contributed by atoms with Crippen molar-refractivity contribution in [1.29, 1.82) is 0 Å². The van der Waals surface area contributed by atoms with E-state index in [1.807, 2.05) is 0 Å². The normalized spacial score (nSPS) is 16.8. The van der Waals surface area contributed by atoms with E-state index >= 15 is 0 Å². The molecule has 4 nitrogen and oxygen atoms in total. The summed E-state index contributed by atoms with van der Waals surface area (Å²) in [4.78, 5) is 11.5. The Balaban J connectivity index is 1.87. The molecule has 0 saturated heterocycles. The number of anilines is 1. The van der Waals surface area contributed by atoms with Gasteiger partial charge in [-0.05, 0) is 34.1 Å². The van der Waals surface area contributed by atoms with Crippen molar-refractivity contribution in [3.63, 3.8) is 0 Å². The number of benzene rings is 2. The lowest BCUT2D eigenvalue weighted by atomic mass is 10.1. The number of amides is 1. The third kappa shape index (κ3) is 2.28. The molecule has 0 radical (unpaired) electrons. The van der Waals surface area contributed by atoms with E-state index in [0.29, 0.717) is 21.7 Å². The second-order valence-electron chi connectivity index (χ2n) is 4.39. The van der Waals surface area contributed by atoms with Gasteiger partial charge in [-0.15, -0.1) is 0 Å². The Hall–Kier alpha value is -1.92. The molecule has 0 saturated carbocycles. The van der Waals surface area contributed by atoms with Gasteiger partial charge in [-0.3, -0.25) is 4.79 Å². The molecule has 1 heterocycles. The summed E-state index contributed by atoms with van der Waals surface area (Å²) >= 11 is 3.08. The predicted octanol–water partition coefficient (Wildman–Crippen LogP) is 3.33. The van der Waals surface area contributed by atoms with Gasteiger partial charge in [0.1, 0.15) is 23.4 Å². The standard InChI is InChI=1S/C14H10BrFN2O2/c15-10-4-2-7(5-11(10)16)20-8-1-3-9-12(6-8)18-14(19)13(9)17/h1-6,13H,17H2,(H,18,19). The molecule has 0 bridgehead atoms. The van der Waals surface area contributed by atoms with E-state index in [1.54, 1.807) is 30.3 Å². The average Bonchev–Trinajstić information content (AvgIpc) is 2.69. The topological polar surface area (TPSA) is 64.4 Å². The first-order valence-electron chi connectivity index (χ1n) is 5.88. The van der Waals surface area contributed by atoms with Crippen LogP contribution in [0.4, 0.5) is 10.1 Å². The quantitative estimate of drug-likeness (QED) is 0.884. The van der Waals surface area contributed by atoms with Crippen LogP contribution < -0.4 is 15.8 Å². The van der Waals surface area contributed by atoms with Crippen LogP contribution in [0.3, 0.4) is 0 Å². The van der Waals surface area contributed by atoms with Crippen molar-refractivity contribution >= 4 is 27.5 Å². The molecule has 0 aliphatic carbocycles. The Morgan fingerprint density at radius 1 is 1.20 bits per heavy atom. The van der Waals surface area contributed by atoms with Gasteiger partial charge in [0, 0.05) is 23.4 Å². The summed E-state index contributed by atoms with van der Waals surface area (Å²) in [6.45, 7) is 0. The van der Waals surface area contributed by atoms with Gasteiger partial charge in [0.2, 0.25) is 5.91 Å². The molecule has 3 N–H and O–H groups in total. The Morgan fingerprint density at radius 2 is 1.90 bits per heavy atom. The molecule has 1 amide bonds. The van der Waals surface area contributed by atoms with Crippen LogP contribution in [0.5, 0.6) is 11.5 Å². The number of carbonyl (C=O) groups is 1. The zero-order chi connectivity index (χ0) is 14.3. The van der Waals surface area contributed by atoms with Gasteiger partial charge in [-0.25, -0.2) is 4.39 Å². The zero-order valence-electron chi connectivity index (χ0n) is 10.2. The molecule has 1 aliphatic rings. The number of halogens is 2. The van der Waals surface area contributed by atoms with Crippen LogP contribution in [-0.4, -0.2) is 5.91 Å². The van der Waals surface area contributed by atoms with Crippen molar-refractivity contribution < 1.29 is 13.9 Å². The van der Waals surface area contributed by atoms with Crippen LogP contribution in [0.15, 0.2) is 40.9 Å². The number of hydrogen-bond donors (Lipinski definition) is 2. The molecule has 0 spiro atoms. The fraction of sp³-hybridized carbons (Fsp3) is 0.0714. The summed E-state index contributed by atoms with van der Waals surface area (Å²) in [7, 11) is 0. The summed E-state index contributed by atoms with van der Waals surface area (Å²) in [6.07, 6.45) is 0. The van der Waals surface area contributed by atoms with Gasteiger partial charge in [0.05, 0.1) is 4.47 Å². The van der Waals surface area contributed by atoms with Gasteiger partial charge in [-0.1, -0.05) is 6.07 Å².